The Bertz CT molecular complexity index is 668. The van der Waals surface area contributed by atoms with Crippen molar-refractivity contribution >= 4 is 27.9 Å². The molecule has 0 spiro atoms. The Morgan fingerprint density at radius 3 is 2.80 bits per heavy atom. The van der Waals surface area contributed by atoms with Crippen molar-refractivity contribution in [2.45, 2.75) is 6.54 Å². The van der Waals surface area contributed by atoms with Gasteiger partial charge in [-0.1, -0.05) is 22.0 Å². The van der Waals surface area contributed by atoms with E-state index in [1.54, 1.807) is 6.07 Å². The van der Waals surface area contributed by atoms with Crippen LogP contribution in [0, 0.1) is 0 Å². The van der Waals surface area contributed by atoms with E-state index < -0.39 is 11.9 Å². The molecule has 1 aromatic heterocycles. The van der Waals surface area contributed by atoms with Gasteiger partial charge in [-0.05, 0) is 17.7 Å². The number of carboxylic acids is 1. The lowest BCUT2D eigenvalue weighted by Crippen LogP contribution is -2.07. The van der Waals surface area contributed by atoms with E-state index in [4.69, 9.17) is 5.11 Å². The molecule has 0 aliphatic carbocycles. The molecule has 0 saturated heterocycles. The van der Waals surface area contributed by atoms with Crippen LogP contribution < -0.4 is 0 Å². The Labute approximate surface area is 122 Å². The first-order chi connectivity index (χ1) is 9.51. The van der Waals surface area contributed by atoms with Gasteiger partial charge < -0.3 is 9.84 Å². The highest BCUT2D eigenvalue weighted by Gasteiger charge is 2.12. The van der Waals surface area contributed by atoms with Crippen molar-refractivity contribution in [2.75, 3.05) is 7.11 Å². The summed E-state index contributed by atoms with van der Waals surface area (Å²) >= 11 is 3.31. The molecule has 0 amide bonds. The molecule has 0 unspecified atom stereocenters. The smallest absolute Gasteiger partial charge is 0.377 e. The van der Waals surface area contributed by atoms with E-state index in [0.29, 0.717) is 11.0 Å². The maximum Gasteiger partial charge on any atom is 0.377 e. The SMILES string of the molecule is COC(=O)c1ncn(Cc2ccc(C(=O)O)cc2Br)n1. The first kappa shape index (κ1) is 14.2. The first-order valence-corrected chi connectivity index (χ1v) is 6.30. The monoisotopic (exact) mass is 339 g/mol. The number of ether oxygens (including phenoxy) is 1. The molecule has 0 saturated carbocycles. The second-order valence-electron chi connectivity index (χ2n) is 3.87. The number of aromatic carboxylic acids is 1. The van der Waals surface area contributed by atoms with Crippen molar-refractivity contribution < 1.29 is 19.4 Å². The summed E-state index contributed by atoms with van der Waals surface area (Å²) in [6, 6.07) is 4.68. The van der Waals surface area contributed by atoms with Crippen molar-refractivity contribution in [2.24, 2.45) is 0 Å². The van der Waals surface area contributed by atoms with Crippen LogP contribution in [0.3, 0.4) is 0 Å². The summed E-state index contributed by atoms with van der Waals surface area (Å²) in [5.41, 5.74) is 1.01. The molecule has 0 aliphatic heterocycles. The number of carbonyl (C=O) groups is 2. The van der Waals surface area contributed by atoms with Gasteiger partial charge in [0, 0.05) is 4.47 Å². The largest absolute Gasteiger partial charge is 0.478 e. The Morgan fingerprint density at radius 2 is 2.20 bits per heavy atom. The van der Waals surface area contributed by atoms with Gasteiger partial charge in [0.05, 0.1) is 19.2 Å². The number of methoxy groups -OCH3 is 1. The molecule has 1 N–H and O–H groups in total. The average Bonchev–Trinajstić information content (AvgIpc) is 2.88. The van der Waals surface area contributed by atoms with E-state index in [1.165, 1.54) is 30.3 Å². The number of halogens is 1. The predicted molar refractivity (Wildman–Crippen MR) is 71.6 cm³/mol. The van der Waals surface area contributed by atoms with Gasteiger partial charge in [-0.15, -0.1) is 5.10 Å². The van der Waals surface area contributed by atoms with E-state index >= 15 is 0 Å². The third kappa shape index (κ3) is 3.02. The van der Waals surface area contributed by atoms with E-state index in [9.17, 15) is 9.59 Å². The van der Waals surface area contributed by atoms with Crippen LogP contribution in [-0.4, -0.2) is 38.9 Å². The molecule has 7 nitrogen and oxygen atoms in total. The van der Waals surface area contributed by atoms with Crippen molar-refractivity contribution in [3.05, 3.63) is 46.0 Å². The first-order valence-electron chi connectivity index (χ1n) is 5.50. The van der Waals surface area contributed by atoms with Gasteiger partial charge in [0.15, 0.2) is 0 Å². The fourth-order valence-electron chi connectivity index (χ4n) is 1.54. The second kappa shape index (κ2) is 5.83. The minimum Gasteiger partial charge on any atom is -0.478 e. The van der Waals surface area contributed by atoms with Crippen LogP contribution in [0.2, 0.25) is 0 Å². The van der Waals surface area contributed by atoms with Crippen LogP contribution in [-0.2, 0) is 11.3 Å². The highest BCUT2D eigenvalue weighted by molar-refractivity contribution is 9.10. The average molecular weight is 340 g/mol. The summed E-state index contributed by atoms with van der Waals surface area (Å²) in [6.07, 6.45) is 1.41. The maximum atomic E-state index is 11.2. The van der Waals surface area contributed by atoms with Gasteiger partial charge in [-0.2, -0.15) is 0 Å². The fourth-order valence-corrected chi connectivity index (χ4v) is 2.04. The molecule has 0 atom stereocenters. The topological polar surface area (TPSA) is 94.3 Å². The molecule has 1 heterocycles. The zero-order chi connectivity index (χ0) is 14.7. The molecule has 104 valence electrons. The lowest BCUT2D eigenvalue weighted by molar-refractivity contribution is 0.0585. The van der Waals surface area contributed by atoms with Crippen molar-refractivity contribution in [3.8, 4) is 0 Å². The fraction of sp³-hybridized carbons (Fsp3) is 0.167. The zero-order valence-corrected chi connectivity index (χ0v) is 12.0. The van der Waals surface area contributed by atoms with Gasteiger partial charge in [0.2, 0.25) is 0 Å². The number of hydrogen-bond donors (Lipinski definition) is 1. The highest BCUT2D eigenvalue weighted by atomic mass is 79.9. The van der Waals surface area contributed by atoms with Crippen LogP contribution in [0.25, 0.3) is 0 Å². The van der Waals surface area contributed by atoms with Crippen LogP contribution >= 0.6 is 15.9 Å². The number of carboxylic acid groups (broad SMARTS) is 1. The van der Waals surface area contributed by atoms with Crippen LogP contribution in [0.1, 0.15) is 26.5 Å². The molecule has 2 rings (SSSR count). The minimum absolute atomic E-state index is 0.0224. The Morgan fingerprint density at radius 1 is 1.45 bits per heavy atom. The number of aromatic nitrogens is 3. The van der Waals surface area contributed by atoms with Crippen LogP contribution in [0.5, 0.6) is 0 Å². The molecule has 0 radical (unpaired) electrons. The van der Waals surface area contributed by atoms with Gasteiger partial charge in [0.25, 0.3) is 5.82 Å². The molecule has 20 heavy (non-hydrogen) atoms. The molecule has 8 heteroatoms. The summed E-state index contributed by atoms with van der Waals surface area (Å²) in [5, 5.41) is 12.9. The lowest BCUT2D eigenvalue weighted by Gasteiger charge is -2.05. The normalized spacial score (nSPS) is 10.3. The van der Waals surface area contributed by atoms with Gasteiger partial charge in [-0.3, -0.25) is 0 Å². The molecule has 0 fully saturated rings. The number of rotatable bonds is 4. The van der Waals surface area contributed by atoms with Crippen LogP contribution in [0.15, 0.2) is 29.0 Å². The molecular weight excluding hydrogens is 330 g/mol. The number of nitrogens with zero attached hydrogens (tertiary/aromatic N) is 3. The van der Waals surface area contributed by atoms with Crippen molar-refractivity contribution in [1.82, 2.24) is 14.8 Å². The Balaban J connectivity index is 2.20. The molecular formula is C12H10BrN3O4. The molecule has 0 bridgehead atoms. The number of hydrogen-bond acceptors (Lipinski definition) is 5. The zero-order valence-electron chi connectivity index (χ0n) is 10.4. The number of esters is 1. The standard InChI is InChI=1S/C12H10BrN3O4/c1-20-12(19)10-14-6-16(15-10)5-8-3-2-7(11(17)18)4-9(8)13/h2-4,6H,5H2,1H3,(H,17,18). The van der Waals surface area contributed by atoms with E-state index in [0.717, 1.165) is 5.56 Å². The summed E-state index contributed by atoms with van der Waals surface area (Å²) in [4.78, 5) is 25.9. The third-order valence-corrected chi connectivity index (χ3v) is 3.28. The molecule has 2 aromatic rings. The van der Waals surface area contributed by atoms with Gasteiger partial charge in [0.1, 0.15) is 6.33 Å². The minimum atomic E-state index is -0.994. The summed E-state index contributed by atoms with van der Waals surface area (Å²) in [5.74, 6) is -1.62. The Hall–Kier alpha value is -2.22. The van der Waals surface area contributed by atoms with Crippen molar-refractivity contribution in [3.63, 3.8) is 0 Å². The number of carbonyl (C=O) groups excluding carboxylic acids is 1. The summed E-state index contributed by atoms with van der Waals surface area (Å²) < 4.78 is 6.62. The van der Waals surface area contributed by atoms with Crippen molar-refractivity contribution in [1.29, 1.82) is 0 Å². The lowest BCUT2D eigenvalue weighted by atomic mass is 10.1. The molecule has 0 aliphatic rings. The van der Waals surface area contributed by atoms with Crippen LogP contribution in [0.4, 0.5) is 0 Å². The second-order valence-corrected chi connectivity index (χ2v) is 4.72. The molecule has 1 aromatic carbocycles. The maximum absolute atomic E-state index is 11.2. The van der Waals surface area contributed by atoms with Gasteiger partial charge in [-0.25, -0.2) is 19.3 Å². The number of benzene rings is 1. The van der Waals surface area contributed by atoms with E-state index in [1.807, 2.05) is 0 Å². The Kier molecular flexibility index (Phi) is 4.14. The quantitative estimate of drug-likeness (QED) is 0.849. The third-order valence-electron chi connectivity index (χ3n) is 2.54. The van der Waals surface area contributed by atoms with E-state index in [-0.39, 0.29) is 11.4 Å². The summed E-state index contributed by atoms with van der Waals surface area (Å²) in [7, 11) is 1.25. The highest BCUT2D eigenvalue weighted by Crippen LogP contribution is 2.19. The van der Waals surface area contributed by atoms with E-state index in [2.05, 4.69) is 30.7 Å². The summed E-state index contributed by atoms with van der Waals surface area (Å²) in [6.45, 7) is 0.352. The van der Waals surface area contributed by atoms with Gasteiger partial charge >= 0.3 is 11.9 Å². The predicted octanol–water partition coefficient (Wildman–Crippen LogP) is 1.57.